The number of aliphatic hydroxyl groups excluding tert-OH is 1. The zero-order valence-corrected chi connectivity index (χ0v) is 13.4. The van der Waals surface area contributed by atoms with Crippen LogP contribution < -0.4 is 10.6 Å². The quantitative estimate of drug-likeness (QED) is 0.687. The minimum atomic E-state index is -0.749. The molecule has 3 N–H and O–H groups in total. The molecule has 0 fully saturated rings. The highest BCUT2D eigenvalue weighted by Crippen LogP contribution is 2.08. The van der Waals surface area contributed by atoms with E-state index in [0.29, 0.717) is 23.7 Å². The van der Waals surface area contributed by atoms with Gasteiger partial charge in [0.15, 0.2) is 0 Å². The third-order valence-electron chi connectivity index (χ3n) is 2.95. The summed E-state index contributed by atoms with van der Waals surface area (Å²) >= 11 is 0. The van der Waals surface area contributed by atoms with Crippen LogP contribution in [0.4, 0.5) is 9.18 Å². The van der Waals surface area contributed by atoms with Gasteiger partial charge in [-0.25, -0.2) is 9.18 Å². The lowest BCUT2D eigenvalue weighted by molar-refractivity contribution is 0.0272. The Morgan fingerprint density at radius 1 is 1.32 bits per heavy atom. The minimum absolute atomic E-state index is 0.103. The van der Waals surface area contributed by atoms with Crippen molar-refractivity contribution < 1.29 is 19.0 Å². The van der Waals surface area contributed by atoms with E-state index in [1.807, 2.05) is 13.8 Å². The van der Waals surface area contributed by atoms with Crippen LogP contribution in [0.15, 0.2) is 18.2 Å². The predicted molar refractivity (Wildman–Crippen MR) is 83.0 cm³/mol. The van der Waals surface area contributed by atoms with Gasteiger partial charge in [0.2, 0.25) is 0 Å². The van der Waals surface area contributed by atoms with Gasteiger partial charge in [0.25, 0.3) is 0 Å². The van der Waals surface area contributed by atoms with E-state index in [-0.39, 0.29) is 25.5 Å². The van der Waals surface area contributed by atoms with Crippen molar-refractivity contribution in [3.05, 3.63) is 35.1 Å². The number of urea groups is 1. The lowest BCUT2D eigenvalue weighted by Crippen LogP contribution is -2.40. The molecule has 5 nitrogen and oxygen atoms in total. The number of rotatable bonds is 8. The van der Waals surface area contributed by atoms with E-state index in [4.69, 9.17) is 4.74 Å². The van der Waals surface area contributed by atoms with E-state index >= 15 is 0 Å². The maximum absolute atomic E-state index is 13.4. The normalized spacial score (nSPS) is 12.3. The van der Waals surface area contributed by atoms with Crippen LogP contribution in [0, 0.1) is 18.7 Å². The van der Waals surface area contributed by atoms with Crippen molar-refractivity contribution in [1.29, 1.82) is 0 Å². The number of nitrogens with one attached hydrogen (secondary N) is 2. The number of carbonyl (C=O) groups excluding carboxylic acids is 1. The number of aryl methyl sites for hydroxylation is 1. The van der Waals surface area contributed by atoms with Crippen LogP contribution in [0.5, 0.6) is 0 Å². The Kier molecular flexibility index (Phi) is 7.84. The summed E-state index contributed by atoms with van der Waals surface area (Å²) in [6.45, 7) is 6.80. The lowest BCUT2D eigenvalue weighted by Gasteiger charge is -2.14. The zero-order chi connectivity index (χ0) is 16.5. The van der Waals surface area contributed by atoms with Crippen LogP contribution in [0.2, 0.25) is 0 Å². The molecule has 0 radical (unpaired) electrons. The lowest BCUT2D eigenvalue weighted by atomic mass is 10.1. The molecule has 0 spiro atoms. The van der Waals surface area contributed by atoms with E-state index in [1.54, 1.807) is 19.1 Å². The van der Waals surface area contributed by atoms with E-state index in [2.05, 4.69) is 10.6 Å². The van der Waals surface area contributed by atoms with E-state index in [9.17, 15) is 14.3 Å². The van der Waals surface area contributed by atoms with Crippen molar-refractivity contribution >= 4 is 6.03 Å². The number of ether oxygens (including phenoxy) is 1. The van der Waals surface area contributed by atoms with Crippen molar-refractivity contribution in [2.45, 2.75) is 33.4 Å². The van der Waals surface area contributed by atoms with E-state index in [0.717, 1.165) is 0 Å². The van der Waals surface area contributed by atoms with Crippen molar-refractivity contribution in [1.82, 2.24) is 10.6 Å². The molecule has 22 heavy (non-hydrogen) atoms. The van der Waals surface area contributed by atoms with Crippen molar-refractivity contribution in [2.75, 3.05) is 19.8 Å². The molecule has 0 aliphatic carbocycles. The van der Waals surface area contributed by atoms with Gasteiger partial charge in [-0.2, -0.15) is 0 Å². The second-order valence-electron chi connectivity index (χ2n) is 5.73. The second kappa shape index (κ2) is 9.38. The van der Waals surface area contributed by atoms with Crippen molar-refractivity contribution in [3.63, 3.8) is 0 Å². The van der Waals surface area contributed by atoms with Crippen LogP contribution in [0.1, 0.15) is 25.0 Å². The maximum Gasteiger partial charge on any atom is 0.315 e. The molecule has 0 aliphatic heterocycles. The monoisotopic (exact) mass is 312 g/mol. The molecule has 0 heterocycles. The molecule has 1 rings (SSSR count). The summed E-state index contributed by atoms with van der Waals surface area (Å²) in [5.74, 6) is 0.107. The van der Waals surface area contributed by atoms with Gasteiger partial charge >= 0.3 is 6.03 Å². The fourth-order valence-electron chi connectivity index (χ4n) is 1.70. The topological polar surface area (TPSA) is 70.6 Å². The van der Waals surface area contributed by atoms with Crippen LogP contribution >= 0.6 is 0 Å². The Bertz CT molecular complexity index is 480. The van der Waals surface area contributed by atoms with Gasteiger partial charge in [-0.15, -0.1) is 0 Å². The van der Waals surface area contributed by atoms with Crippen molar-refractivity contribution in [3.8, 4) is 0 Å². The number of benzene rings is 1. The molecule has 1 aromatic rings. The molecule has 124 valence electrons. The number of halogens is 1. The number of amides is 2. The molecule has 0 saturated carbocycles. The maximum atomic E-state index is 13.4. The van der Waals surface area contributed by atoms with Gasteiger partial charge in [-0.1, -0.05) is 26.0 Å². The summed E-state index contributed by atoms with van der Waals surface area (Å²) in [7, 11) is 0. The summed E-state index contributed by atoms with van der Waals surface area (Å²) in [5.41, 5.74) is 1.25. The highest BCUT2D eigenvalue weighted by atomic mass is 19.1. The summed E-state index contributed by atoms with van der Waals surface area (Å²) in [5, 5.41) is 14.8. The zero-order valence-electron chi connectivity index (χ0n) is 13.4. The van der Waals surface area contributed by atoms with E-state index in [1.165, 1.54) is 6.07 Å². The highest BCUT2D eigenvalue weighted by molar-refractivity contribution is 5.73. The van der Waals surface area contributed by atoms with Crippen molar-refractivity contribution in [2.24, 2.45) is 5.92 Å². The third-order valence-corrected chi connectivity index (χ3v) is 2.95. The summed E-state index contributed by atoms with van der Waals surface area (Å²) < 4.78 is 18.6. The first kappa shape index (κ1) is 18.4. The van der Waals surface area contributed by atoms with Gasteiger partial charge in [-0.05, 0) is 30.0 Å². The highest BCUT2D eigenvalue weighted by Gasteiger charge is 2.08. The fraction of sp³-hybridized carbons (Fsp3) is 0.562. The van der Waals surface area contributed by atoms with Gasteiger partial charge in [0, 0.05) is 19.7 Å². The largest absolute Gasteiger partial charge is 0.389 e. The number of hydrogen-bond donors (Lipinski definition) is 3. The van der Waals surface area contributed by atoms with Crippen LogP contribution in [0.25, 0.3) is 0 Å². The van der Waals surface area contributed by atoms with Crippen LogP contribution in [-0.4, -0.2) is 37.0 Å². The Hall–Kier alpha value is -1.66. The molecule has 1 aromatic carbocycles. The molecular weight excluding hydrogens is 287 g/mol. The standard InChI is InChI=1S/C16H25FN2O3/c1-11(2)9-22-10-14(20)8-19-16(21)18-7-13-5-4-12(3)15(17)6-13/h4-6,11,14,20H,7-10H2,1-3H3,(H2,18,19,21). The Balaban J connectivity index is 2.21. The predicted octanol–water partition coefficient (Wildman–Crippen LogP) is 1.97. The summed E-state index contributed by atoms with van der Waals surface area (Å²) in [6.07, 6.45) is -0.749. The smallest absolute Gasteiger partial charge is 0.315 e. The first-order valence-electron chi connectivity index (χ1n) is 7.41. The molecule has 0 aromatic heterocycles. The number of carbonyl (C=O) groups is 1. The van der Waals surface area contributed by atoms with Crippen LogP contribution in [-0.2, 0) is 11.3 Å². The Morgan fingerprint density at radius 2 is 2.05 bits per heavy atom. The summed E-state index contributed by atoms with van der Waals surface area (Å²) in [4.78, 5) is 11.6. The fourth-order valence-corrected chi connectivity index (χ4v) is 1.70. The Labute approximate surface area is 130 Å². The SMILES string of the molecule is Cc1ccc(CNC(=O)NCC(O)COCC(C)C)cc1F. The molecule has 0 aliphatic rings. The van der Waals surface area contributed by atoms with Crippen LogP contribution in [0.3, 0.4) is 0 Å². The molecule has 1 atom stereocenters. The molecule has 1 unspecified atom stereocenters. The molecule has 2 amide bonds. The van der Waals surface area contributed by atoms with E-state index < -0.39 is 12.1 Å². The average Bonchev–Trinajstić information content (AvgIpc) is 2.46. The minimum Gasteiger partial charge on any atom is -0.389 e. The number of aliphatic hydroxyl groups is 1. The average molecular weight is 312 g/mol. The number of hydrogen-bond acceptors (Lipinski definition) is 3. The first-order valence-corrected chi connectivity index (χ1v) is 7.41. The van der Waals surface area contributed by atoms with Gasteiger partial charge in [-0.3, -0.25) is 0 Å². The molecular formula is C16H25FN2O3. The van der Waals surface area contributed by atoms with Gasteiger partial charge < -0.3 is 20.5 Å². The third kappa shape index (κ3) is 7.38. The Morgan fingerprint density at radius 3 is 2.68 bits per heavy atom. The summed E-state index contributed by atoms with van der Waals surface area (Å²) in [6, 6.07) is 4.40. The second-order valence-corrected chi connectivity index (χ2v) is 5.73. The molecule has 0 bridgehead atoms. The molecule has 6 heteroatoms. The molecule has 0 saturated heterocycles. The van der Waals surface area contributed by atoms with Gasteiger partial charge in [0.1, 0.15) is 5.82 Å². The van der Waals surface area contributed by atoms with Gasteiger partial charge in [0.05, 0.1) is 12.7 Å². The first-order chi connectivity index (χ1) is 10.4.